The molecule has 1 unspecified atom stereocenters. The van der Waals surface area contributed by atoms with E-state index in [-0.39, 0.29) is 10.3 Å². The van der Waals surface area contributed by atoms with Gasteiger partial charge in [-0.25, -0.2) is 18.1 Å². The molecule has 1 saturated carbocycles. The molecule has 0 bridgehead atoms. The Labute approximate surface area is 135 Å². The standard InChI is InChI=1S/C14H22BrN3O2S/c1-4-5-16-13-12(6-11(15)9-17-13)21(19,20)18-8-10-7-14(10,2)3/h6,9-10,18H,4-5,7-8H2,1-3H3,(H,16,17). The second-order valence-corrected chi connectivity index (χ2v) is 8.82. The molecule has 1 fully saturated rings. The molecule has 1 atom stereocenters. The molecule has 1 aliphatic rings. The zero-order valence-electron chi connectivity index (χ0n) is 12.6. The summed E-state index contributed by atoms with van der Waals surface area (Å²) in [5.41, 5.74) is 0.251. The molecule has 2 N–H and O–H groups in total. The lowest BCUT2D eigenvalue weighted by atomic mass is 10.1. The van der Waals surface area contributed by atoms with Crippen LogP contribution >= 0.6 is 15.9 Å². The van der Waals surface area contributed by atoms with Crippen molar-refractivity contribution < 1.29 is 8.42 Å². The van der Waals surface area contributed by atoms with Crippen LogP contribution in [-0.4, -0.2) is 26.5 Å². The molecule has 0 radical (unpaired) electrons. The Balaban J connectivity index is 2.16. The fourth-order valence-corrected chi connectivity index (χ4v) is 3.93. The Morgan fingerprint density at radius 3 is 2.71 bits per heavy atom. The van der Waals surface area contributed by atoms with Gasteiger partial charge in [0.1, 0.15) is 10.7 Å². The van der Waals surface area contributed by atoms with E-state index in [4.69, 9.17) is 0 Å². The molecule has 0 spiro atoms. The van der Waals surface area contributed by atoms with Crippen LogP contribution in [0.4, 0.5) is 5.82 Å². The van der Waals surface area contributed by atoms with E-state index in [0.29, 0.717) is 29.3 Å². The summed E-state index contributed by atoms with van der Waals surface area (Å²) >= 11 is 3.28. The maximum Gasteiger partial charge on any atom is 0.244 e. The Hall–Kier alpha value is -0.660. The molecule has 1 aromatic rings. The third-order valence-electron chi connectivity index (χ3n) is 3.89. The number of halogens is 1. The quantitative estimate of drug-likeness (QED) is 0.768. The van der Waals surface area contributed by atoms with Gasteiger partial charge in [0.15, 0.2) is 0 Å². The summed E-state index contributed by atoms with van der Waals surface area (Å²) in [4.78, 5) is 4.37. The number of nitrogens with one attached hydrogen (secondary N) is 2. The van der Waals surface area contributed by atoms with Gasteiger partial charge in [-0.2, -0.15) is 0 Å². The molecular weight excluding hydrogens is 354 g/mol. The average molecular weight is 376 g/mol. The summed E-state index contributed by atoms with van der Waals surface area (Å²) < 4.78 is 28.4. The molecule has 2 rings (SSSR count). The Bertz CT molecular complexity index is 617. The van der Waals surface area contributed by atoms with Gasteiger partial charge in [-0.1, -0.05) is 20.8 Å². The molecule has 1 aliphatic carbocycles. The number of anilines is 1. The highest BCUT2D eigenvalue weighted by Crippen LogP contribution is 2.51. The van der Waals surface area contributed by atoms with Gasteiger partial charge in [-0.05, 0) is 46.2 Å². The first kappa shape index (κ1) is 16.7. The first-order valence-corrected chi connectivity index (χ1v) is 9.43. The van der Waals surface area contributed by atoms with E-state index in [1.807, 2.05) is 6.92 Å². The molecule has 0 aliphatic heterocycles. The number of pyridine rings is 1. The lowest BCUT2D eigenvalue weighted by molar-refractivity contribution is 0.537. The molecule has 0 amide bonds. The molecule has 1 aromatic heterocycles. The predicted octanol–water partition coefficient (Wildman–Crippen LogP) is 2.99. The predicted molar refractivity (Wildman–Crippen MR) is 87.8 cm³/mol. The zero-order valence-corrected chi connectivity index (χ0v) is 15.0. The number of aromatic nitrogens is 1. The van der Waals surface area contributed by atoms with Crippen molar-refractivity contribution in [1.82, 2.24) is 9.71 Å². The van der Waals surface area contributed by atoms with Crippen LogP contribution in [0.2, 0.25) is 0 Å². The zero-order chi connectivity index (χ0) is 15.7. The summed E-state index contributed by atoms with van der Waals surface area (Å²) in [6.07, 6.45) is 3.56. The van der Waals surface area contributed by atoms with Crippen LogP contribution in [-0.2, 0) is 10.0 Å². The first-order valence-electron chi connectivity index (χ1n) is 7.15. The lowest BCUT2D eigenvalue weighted by Gasteiger charge is -2.13. The highest BCUT2D eigenvalue weighted by Gasteiger charge is 2.45. The molecule has 118 valence electrons. The molecule has 5 nitrogen and oxygen atoms in total. The van der Waals surface area contributed by atoms with E-state index < -0.39 is 10.0 Å². The first-order chi connectivity index (χ1) is 9.76. The van der Waals surface area contributed by atoms with Crippen molar-refractivity contribution in [1.29, 1.82) is 0 Å². The van der Waals surface area contributed by atoms with Crippen molar-refractivity contribution in [3.05, 3.63) is 16.7 Å². The summed E-state index contributed by atoms with van der Waals surface area (Å²) in [6, 6.07) is 1.59. The van der Waals surface area contributed by atoms with Gasteiger partial charge in [-0.3, -0.25) is 0 Å². The molecule has 0 aromatic carbocycles. The van der Waals surface area contributed by atoms with E-state index in [1.54, 1.807) is 12.3 Å². The maximum atomic E-state index is 12.5. The van der Waals surface area contributed by atoms with Crippen LogP contribution in [0.25, 0.3) is 0 Å². The van der Waals surface area contributed by atoms with Crippen LogP contribution < -0.4 is 10.0 Å². The van der Waals surface area contributed by atoms with E-state index in [9.17, 15) is 8.42 Å². The summed E-state index contributed by atoms with van der Waals surface area (Å²) in [6.45, 7) is 7.50. The highest BCUT2D eigenvalue weighted by atomic mass is 79.9. The summed E-state index contributed by atoms with van der Waals surface area (Å²) in [5, 5.41) is 3.06. The van der Waals surface area contributed by atoms with Crippen LogP contribution in [0.3, 0.4) is 0 Å². The van der Waals surface area contributed by atoms with Crippen LogP contribution in [0, 0.1) is 11.3 Å². The third-order valence-corrected chi connectivity index (χ3v) is 5.76. The number of nitrogens with zero attached hydrogens (tertiary/aromatic N) is 1. The minimum Gasteiger partial charge on any atom is -0.369 e. The normalized spacial score (nSPS) is 20.3. The smallest absolute Gasteiger partial charge is 0.244 e. The Morgan fingerprint density at radius 2 is 2.14 bits per heavy atom. The Morgan fingerprint density at radius 1 is 1.48 bits per heavy atom. The van der Waals surface area contributed by atoms with E-state index in [0.717, 1.165) is 12.8 Å². The van der Waals surface area contributed by atoms with Gasteiger partial charge < -0.3 is 5.32 Å². The van der Waals surface area contributed by atoms with Crippen LogP contribution in [0.15, 0.2) is 21.6 Å². The summed E-state index contributed by atoms with van der Waals surface area (Å²) in [5.74, 6) is 0.821. The Kier molecular flexibility index (Phi) is 4.95. The maximum absolute atomic E-state index is 12.5. The highest BCUT2D eigenvalue weighted by molar-refractivity contribution is 9.10. The summed E-state index contributed by atoms with van der Waals surface area (Å²) in [7, 11) is -3.55. The number of hydrogen-bond donors (Lipinski definition) is 2. The lowest BCUT2D eigenvalue weighted by Crippen LogP contribution is -2.28. The minimum atomic E-state index is -3.55. The van der Waals surface area contributed by atoms with Gasteiger partial charge in [0.2, 0.25) is 10.0 Å². The second-order valence-electron chi connectivity index (χ2n) is 6.17. The second kappa shape index (κ2) is 6.22. The molecule has 7 heteroatoms. The number of hydrogen-bond acceptors (Lipinski definition) is 4. The van der Waals surface area contributed by atoms with E-state index >= 15 is 0 Å². The SMILES string of the molecule is CCCNc1ncc(Br)cc1S(=O)(=O)NCC1CC1(C)C. The van der Waals surface area contributed by atoms with Gasteiger partial charge in [0.25, 0.3) is 0 Å². The molecule has 21 heavy (non-hydrogen) atoms. The van der Waals surface area contributed by atoms with Crippen LogP contribution in [0.1, 0.15) is 33.6 Å². The number of rotatable bonds is 7. The topological polar surface area (TPSA) is 71.1 Å². The van der Waals surface area contributed by atoms with Gasteiger partial charge in [0, 0.05) is 23.8 Å². The van der Waals surface area contributed by atoms with Gasteiger partial charge in [-0.15, -0.1) is 0 Å². The fraction of sp³-hybridized carbons (Fsp3) is 0.643. The van der Waals surface area contributed by atoms with E-state index in [2.05, 4.69) is 44.8 Å². The molecular formula is C14H22BrN3O2S. The van der Waals surface area contributed by atoms with Crippen molar-refractivity contribution >= 4 is 31.8 Å². The van der Waals surface area contributed by atoms with Crippen molar-refractivity contribution in [2.45, 2.75) is 38.5 Å². The molecule has 0 saturated heterocycles. The van der Waals surface area contributed by atoms with Crippen molar-refractivity contribution in [2.75, 3.05) is 18.4 Å². The van der Waals surface area contributed by atoms with Crippen LogP contribution in [0.5, 0.6) is 0 Å². The molecule has 1 heterocycles. The fourth-order valence-electron chi connectivity index (χ4n) is 2.21. The average Bonchev–Trinajstić information content (AvgIpc) is 3.03. The van der Waals surface area contributed by atoms with Crippen molar-refractivity contribution in [2.24, 2.45) is 11.3 Å². The van der Waals surface area contributed by atoms with Crippen molar-refractivity contribution in [3.63, 3.8) is 0 Å². The van der Waals surface area contributed by atoms with Crippen molar-refractivity contribution in [3.8, 4) is 0 Å². The van der Waals surface area contributed by atoms with Gasteiger partial charge >= 0.3 is 0 Å². The minimum absolute atomic E-state index is 0.198. The third kappa shape index (κ3) is 4.17. The monoisotopic (exact) mass is 375 g/mol. The largest absolute Gasteiger partial charge is 0.369 e. The number of sulfonamides is 1. The van der Waals surface area contributed by atoms with Gasteiger partial charge in [0.05, 0.1) is 0 Å². The van der Waals surface area contributed by atoms with E-state index in [1.165, 1.54) is 0 Å².